The van der Waals surface area contributed by atoms with E-state index in [4.69, 9.17) is 9.47 Å². The van der Waals surface area contributed by atoms with Crippen molar-refractivity contribution in [2.75, 3.05) is 44.8 Å². The van der Waals surface area contributed by atoms with Crippen LogP contribution in [0.3, 0.4) is 0 Å². The van der Waals surface area contributed by atoms with Gasteiger partial charge in [0.25, 0.3) is 5.91 Å². The standard InChI is InChI=1S/C19H22N4O3/c1-2-22-5-7-23(8-6-22)19(24)14-9-16(12-20-11-14)21-15-3-4-17-18(10-15)26-13-25-17/h3-4,9-12,21H,2,5-8,13H2,1H3. The summed E-state index contributed by atoms with van der Waals surface area (Å²) in [6.07, 6.45) is 3.33. The van der Waals surface area contributed by atoms with Gasteiger partial charge in [0, 0.05) is 44.1 Å². The zero-order chi connectivity index (χ0) is 17.9. The lowest BCUT2D eigenvalue weighted by atomic mass is 10.2. The third-order valence-corrected chi connectivity index (χ3v) is 4.75. The van der Waals surface area contributed by atoms with Gasteiger partial charge in [-0.1, -0.05) is 6.92 Å². The van der Waals surface area contributed by atoms with Gasteiger partial charge < -0.3 is 24.6 Å². The van der Waals surface area contributed by atoms with E-state index >= 15 is 0 Å². The third kappa shape index (κ3) is 3.43. The van der Waals surface area contributed by atoms with Crippen molar-refractivity contribution in [1.29, 1.82) is 0 Å². The number of aromatic nitrogens is 1. The van der Waals surface area contributed by atoms with Crippen LogP contribution < -0.4 is 14.8 Å². The van der Waals surface area contributed by atoms with Crippen molar-refractivity contribution >= 4 is 17.3 Å². The van der Waals surface area contributed by atoms with E-state index in [9.17, 15) is 4.79 Å². The summed E-state index contributed by atoms with van der Waals surface area (Å²) in [5.74, 6) is 1.48. The van der Waals surface area contributed by atoms with Crippen molar-refractivity contribution in [1.82, 2.24) is 14.8 Å². The molecule has 26 heavy (non-hydrogen) atoms. The van der Waals surface area contributed by atoms with Gasteiger partial charge in [-0.15, -0.1) is 0 Å². The molecule has 1 aromatic heterocycles. The molecule has 1 N–H and O–H groups in total. The lowest BCUT2D eigenvalue weighted by molar-refractivity contribution is 0.0643. The monoisotopic (exact) mass is 354 g/mol. The SMILES string of the molecule is CCN1CCN(C(=O)c2cncc(Nc3ccc4c(c3)OCO4)c2)CC1. The van der Waals surface area contributed by atoms with Crippen molar-refractivity contribution in [2.45, 2.75) is 6.92 Å². The third-order valence-electron chi connectivity index (χ3n) is 4.75. The number of hydrogen-bond donors (Lipinski definition) is 1. The number of pyridine rings is 1. The minimum Gasteiger partial charge on any atom is -0.454 e. The summed E-state index contributed by atoms with van der Waals surface area (Å²) in [5.41, 5.74) is 2.22. The predicted octanol–water partition coefficient (Wildman–Crippen LogP) is 2.33. The van der Waals surface area contributed by atoms with Crippen LogP contribution in [-0.4, -0.2) is 60.2 Å². The molecule has 0 radical (unpaired) electrons. The molecule has 0 bridgehead atoms. The Bertz CT molecular complexity index is 803. The molecule has 1 amide bonds. The van der Waals surface area contributed by atoms with E-state index in [1.807, 2.05) is 29.2 Å². The molecular weight excluding hydrogens is 332 g/mol. The van der Waals surface area contributed by atoms with Crippen LogP contribution in [0.5, 0.6) is 11.5 Å². The average Bonchev–Trinajstić information content (AvgIpc) is 3.15. The number of rotatable bonds is 4. The largest absolute Gasteiger partial charge is 0.454 e. The van der Waals surface area contributed by atoms with Crippen molar-refractivity contribution in [3.05, 3.63) is 42.2 Å². The van der Waals surface area contributed by atoms with Gasteiger partial charge in [-0.3, -0.25) is 9.78 Å². The Morgan fingerprint density at radius 3 is 2.69 bits per heavy atom. The molecule has 1 fully saturated rings. The first-order valence-electron chi connectivity index (χ1n) is 8.86. The van der Waals surface area contributed by atoms with Crippen LogP contribution in [0.1, 0.15) is 17.3 Å². The number of nitrogens with one attached hydrogen (secondary N) is 1. The van der Waals surface area contributed by atoms with Gasteiger partial charge >= 0.3 is 0 Å². The number of likely N-dealkylation sites (N-methyl/N-ethyl adjacent to an activating group) is 1. The number of piperazine rings is 1. The molecule has 0 aliphatic carbocycles. The van der Waals surface area contributed by atoms with Crippen LogP contribution in [0, 0.1) is 0 Å². The smallest absolute Gasteiger partial charge is 0.255 e. The normalized spacial score (nSPS) is 16.6. The molecule has 0 saturated carbocycles. The molecule has 136 valence electrons. The van der Waals surface area contributed by atoms with Crippen LogP contribution in [0.15, 0.2) is 36.7 Å². The van der Waals surface area contributed by atoms with Crippen molar-refractivity contribution in [2.24, 2.45) is 0 Å². The molecule has 2 aromatic rings. The fraction of sp³-hybridized carbons (Fsp3) is 0.368. The van der Waals surface area contributed by atoms with E-state index in [2.05, 4.69) is 22.1 Å². The summed E-state index contributed by atoms with van der Waals surface area (Å²) in [5, 5.41) is 3.27. The second-order valence-corrected chi connectivity index (χ2v) is 6.38. The number of anilines is 2. The van der Waals surface area contributed by atoms with Gasteiger partial charge in [-0.05, 0) is 24.7 Å². The molecule has 7 nitrogen and oxygen atoms in total. The summed E-state index contributed by atoms with van der Waals surface area (Å²) in [6, 6.07) is 7.49. The molecule has 2 aliphatic heterocycles. The second-order valence-electron chi connectivity index (χ2n) is 6.38. The molecular formula is C19H22N4O3. The summed E-state index contributed by atoms with van der Waals surface area (Å²) < 4.78 is 10.7. The van der Waals surface area contributed by atoms with E-state index < -0.39 is 0 Å². The minimum absolute atomic E-state index is 0.0302. The highest BCUT2D eigenvalue weighted by atomic mass is 16.7. The van der Waals surface area contributed by atoms with Crippen LogP contribution >= 0.6 is 0 Å². The second kappa shape index (κ2) is 7.21. The Kier molecular flexibility index (Phi) is 4.62. The molecule has 1 aromatic carbocycles. The number of nitrogens with zero attached hydrogens (tertiary/aromatic N) is 3. The number of amides is 1. The zero-order valence-electron chi connectivity index (χ0n) is 14.8. The zero-order valence-corrected chi connectivity index (χ0v) is 14.8. The number of ether oxygens (including phenoxy) is 2. The van der Waals surface area contributed by atoms with E-state index in [0.29, 0.717) is 11.3 Å². The summed E-state index contributed by atoms with van der Waals surface area (Å²) in [6.45, 7) is 6.77. The van der Waals surface area contributed by atoms with Crippen LogP contribution in [0.2, 0.25) is 0 Å². The first kappa shape index (κ1) is 16.7. The molecule has 2 aliphatic rings. The Balaban J connectivity index is 1.45. The first-order chi connectivity index (χ1) is 12.7. The Morgan fingerprint density at radius 1 is 1.08 bits per heavy atom. The van der Waals surface area contributed by atoms with Crippen molar-refractivity contribution < 1.29 is 14.3 Å². The van der Waals surface area contributed by atoms with Gasteiger partial charge in [0.1, 0.15) is 0 Å². The summed E-state index contributed by atoms with van der Waals surface area (Å²) in [4.78, 5) is 21.2. The fourth-order valence-electron chi connectivity index (χ4n) is 3.22. The van der Waals surface area contributed by atoms with E-state index in [1.54, 1.807) is 12.4 Å². The Morgan fingerprint density at radius 2 is 1.88 bits per heavy atom. The van der Waals surface area contributed by atoms with Gasteiger partial charge in [-0.25, -0.2) is 0 Å². The maximum absolute atomic E-state index is 12.8. The van der Waals surface area contributed by atoms with Crippen molar-refractivity contribution in [3.63, 3.8) is 0 Å². The predicted molar refractivity (Wildman–Crippen MR) is 98.1 cm³/mol. The number of hydrogen-bond acceptors (Lipinski definition) is 6. The first-order valence-corrected chi connectivity index (χ1v) is 8.86. The van der Waals surface area contributed by atoms with Gasteiger partial charge in [0.05, 0.1) is 17.4 Å². The molecule has 3 heterocycles. The highest BCUT2D eigenvalue weighted by Gasteiger charge is 2.22. The van der Waals surface area contributed by atoms with Crippen LogP contribution in [0.25, 0.3) is 0 Å². The molecule has 0 unspecified atom stereocenters. The van der Waals surface area contributed by atoms with Gasteiger partial charge in [-0.2, -0.15) is 0 Å². The Labute approximate surface area is 152 Å². The summed E-state index contributed by atoms with van der Waals surface area (Å²) in [7, 11) is 0. The minimum atomic E-state index is 0.0302. The quantitative estimate of drug-likeness (QED) is 0.909. The highest BCUT2D eigenvalue weighted by molar-refractivity contribution is 5.95. The fourth-order valence-corrected chi connectivity index (χ4v) is 3.22. The molecule has 1 saturated heterocycles. The molecule has 0 atom stereocenters. The van der Waals surface area contributed by atoms with Crippen LogP contribution in [-0.2, 0) is 0 Å². The lowest BCUT2D eigenvalue weighted by Crippen LogP contribution is -2.48. The number of benzene rings is 1. The number of carbonyl (C=O) groups excluding carboxylic acids is 1. The number of carbonyl (C=O) groups is 1. The average molecular weight is 354 g/mol. The summed E-state index contributed by atoms with van der Waals surface area (Å²) >= 11 is 0. The van der Waals surface area contributed by atoms with E-state index in [0.717, 1.165) is 49.8 Å². The van der Waals surface area contributed by atoms with Crippen LogP contribution in [0.4, 0.5) is 11.4 Å². The lowest BCUT2D eigenvalue weighted by Gasteiger charge is -2.34. The topological polar surface area (TPSA) is 66.9 Å². The molecule has 4 rings (SSSR count). The Hall–Kier alpha value is -2.80. The van der Waals surface area contributed by atoms with E-state index in [1.165, 1.54) is 0 Å². The van der Waals surface area contributed by atoms with E-state index in [-0.39, 0.29) is 12.7 Å². The van der Waals surface area contributed by atoms with Gasteiger partial charge in [0.2, 0.25) is 6.79 Å². The van der Waals surface area contributed by atoms with Gasteiger partial charge in [0.15, 0.2) is 11.5 Å². The van der Waals surface area contributed by atoms with Crippen molar-refractivity contribution in [3.8, 4) is 11.5 Å². The maximum Gasteiger partial charge on any atom is 0.255 e. The highest BCUT2D eigenvalue weighted by Crippen LogP contribution is 2.35. The molecule has 7 heteroatoms. The number of fused-ring (bicyclic) bond motifs is 1. The maximum atomic E-state index is 12.8. The molecule has 0 spiro atoms.